The quantitative estimate of drug-likeness (QED) is 0.277. The van der Waals surface area contributed by atoms with Crippen LogP contribution in [0.25, 0.3) is 0 Å². The van der Waals surface area contributed by atoms with Crippen molar-refractivity contribution in [2.24, 2.45) is 0 Å². The topological polar surface area (TPSA) is 73.2 Å². The molecular weight excluding hydrogens is 438 g/mol. The Hall–Kier alpha value is -4.12. The number of anilines is 3. The lowest BCUT2D eigenvalue weighted by Gasteiger charge is -2.30. The van der Waals surface area contributed by atoms with E-state index in [0.717, 1.165) is 27.8 Å². The number of aromatic hydroxyl groups is 3. The van der Waals surface area contributed by atoms with Gasteiger partial charge < -0.3 is 25.0 Å². The molecule has 0 spiro atoms. The lowest BCUT2D eigenvalue weighted by atomic mass is 10.0. The zero-order valence-electron chi connectivity index (χ0n) is 21.0. The Balaban J connectivity index is 1.90. The van der Waals surface area contributed by atoms with Crippen LogP contribution in [-0.2, 0) is 0 Å². The molecule has 4 aromatic rings. The average Bonchev–Trinajstić information content (AvgIpc) is 2.77. The Labute approximate surface area is 206 Å². The molecule has 0 atom stereocenters. The normalized spacial score (nSPS) is 10.9. The van der Waals surface area contributed by atoms with Crippen molar-refractivity contribution in [2.45, 2.75) is 41.5 Å². The molecule has 3 N–H and O–H groups in total. The first-order valence-corrected chi connectivity index (χ1v) is 11.5. The molecule has 4 rings (SSSR count). The summed E-state index contributed by atoms with van der Waals surface area (Å²) in [6.07, 6.45) is 0. The maximum atomic E-state index is 11.0. The molecule has 0 aliphatic rings. The second-order valence-corrected chi connectivity index (χ2v) is 9.19. The molecule has 5 nitrogen and oxygen atoms in total. The molecule has 0 bridgehead atoms. The zero-order valence-corrected chi connectivity index (χ0v) is 21.0. The molecule has 0 amide bonds. The summed E-state index contributed by atoms with van der Waals surface area (Å²) < 4.78 is 6.16. The summed E-state index contributed by atoms with van der Waals surface area (Å²) in [6.45, 7) is 11.4. The van der Waals surface area contributed by atoms with Crippen LogP contribution in [0.4, 0.5) is 17.1 Å². The molecule has 0 radical (unpaired) electrons. The van der Waals surface area contributed by atoms with Crippen LogP contribution >= 0.6 is 0 Å². The van der Waals surface area contributed by atoms with E-state index in [1.807, 2.05) is 95.0 Å². The lowest BCUT2D eigenvalue weighted by Crippen LogP contribution is -2.13. The Kier molecular flexibility index (Phi) is 6.35. The SMILES string of the molecule is Cc1cc(C)c(N(c2cccc(Oc3ccc(C)c(O)c3C)c2)c2c(C)cc(C)cc2O)c(O)c1. The number of rotatable bonds is 5. The minimum Gasteiger partial charge on any atom is -0.507 e. The second-order valence-electron chi connectivity index (χ2n) is 9.19. The van der Waals surface area contributed by atoms with Crippen LogP contribution in [0.2, 0.25) is 0 Å². The Bertz CT molecular complexity index is 1320. The van der Waals surface area contributed by atoms with Crippen LogP contribution < -0.4 is 9.64 Å². The average molecular weight is 470 g/mol. The van der Waals surface area contributed by atoms with Crippen molar-refractivity contribution in [3.05, 3.63) is 94.0 Å². The smallest absolute Gasteiger partial charge is 0.140 e. The fourth-order valence-electron chi connectivity index (χ4n) is 4.57. The number of phenols is 3. The van der Waals surface area contributed by atoms with Gasteiger partial charge in [-0.1, -0.05) is 24.3 Å². The van der Waals surface area contributed by atoms with Gasteiger partial charge in [-0.15, -0.1) is 0 Å². The Morgan fingerprint density at radius 1 is 0.629 bits per heavy atom. The van der Waals surface area contributed by atoms with Crippen molar-refractivity contribution >= 4 is 17.1 Å². The summed E-state index contributed by atoms with van der Waals surface area (Å²) >= 11 is 0. The summed E-state index contributed by atoms with van der Waals surface area (Å²) in [7, 11) is 0. The molecule has 0 unspecified atom stereocenters. The molecule has 0 heterocycles. The minimum atomic E-state index is 0.118. The van der Waals surface area contributed by atoms with Gasteiger partial charge in [-0.25, -0.2) is 0 Å². The van der Waals surface area contributed by atoms with Gasteiger partial charge in [0.05, 0.1) is 17.1 Å². The van der Waals surface area contributed by atoms with Gasteiger partial charge in [0.15, 0.2) is 0 Å². The maximum absolute atomic E-state index is 11.0. The van der Waals surface area contributed by atoms with Crippen LogP contribution in [0.1, 0.15) is 33.4 Å². The standard InChI is InChI=1S/C30H31NO4/c1-17-12-20(4)28(25(32)14-17)31(29-21(5)13-18(2)15-26(29)33)23-8-7-9-24(16-23)35-27-11-10-19(3)30(34)22(27)6/h7-16,32-34H,1-6H3. The van der Waals surface area contributed by atoms with E-state index in [0.29, 0.717) is 34.1 Å². The molecule has 4 aromatic carbocycles. The number of hydrogen-bond donors (Lipinski definition) is 3. The van der Waals surface area contributed by atoms with E-state index in [1.54, 1.807) is 12.1 Å². The van der Waals surface area contributed by atoms with E-state index in [9.17, 15) is 15.3 Å². The Morgan fingerprint density at radius 2 is 1.20 bits per heavy atom. The predicted molar refractivity (Wildman–Crippen MR) is 141 cm³/mol. The fraction of sp³-hybridized carbons (Fsp3) is 0.200. The Morgan fingerprint density at radius 3 is 1.74 bits per heavy atom. The summed E-state index contributed by atoms with van der Waals surface area (Å²) in [4.78, 5) is 1.86. The number of hydrogen-bond acceptors (Lipinski definition) is 5. The van der Waals surface area contributed by atoms with Gasteiger partial charge in [0.1, 0.15) is 28.7 Å². The van der Waals surface area contributed by atoms with E-state index in [2.05, 4.69) is 0 Å². The van der Waals surface area contributed by atoms with Crippen molar-refractivity contribution in [1.29, 1.82) is 0 Å². The highest BCUT2D eigenvalue weighted by Gasteiger charge is 2.24. The minimum absolute atomic E-state index is 0.118. The van der Waals surface area contributed by atoms with E-state index in [4.69, 9.17) is 4.74 Å². The van der Waals surface area contributed by atoms with E-state index in [-0.39, 0.29) is 17.2 Å². The maximum Gasteiger partial charge on any atom is 0.140 e. The molecule has 5 heteroatoms. The van der Waals surface area contributed by atoms with Crippen LogP contribution in [0.15, 0.2) is 60.7 Å². The molecule has 180 valence electrons. The van der Waals surface area contributed by atoms with Crippen LogP contribution in [0.3, 0.4) is 0 Å². The third-order valence-corrected chi connectivity index (χ3v) is 6.18. The zero-order chi connectivity index (χ0) is 25.4. The van der Waals surface area contributed by atoms with Gasteiger partial charge in [-0.05, 0) is 99.7 Å². The van der Waals surface area contributed by atoms with Crippen LogP contribution in [0.5, 0.6) is 28.7 Å². The first kappa shape index (κ1) is 24.0. The van der Waals surface area contributed by atoms with Crippen LogP contribution in [-0.4, -0.2) is 15.3 Å². The highest BCUT2D eigenvalue weighted by molar-refractivity contribution is 5.86. The number of phenolic OH excluding ortho intramolecular Hbond substituents is 3. The molecular formula is C30H31NO4. The first-order valence-electron chi connectivity index (χ1n) is 11.5. The van der Waals surface area contributed by atoms with E-state index < -0.39 is 0 Å². The summed E-state index contributed by atoms with van der Waals surface area (Å²) in [5.74, 6) is 1.56. The van der Waals surface area contributed by atoms with Crippen molar-refractivity contribution in [3.63, 3.8) is 0 Å². The molecule has 35 heavy (non-hydrogen) atoms. The highest BCUT2D eigenvalue weighted by atomic mass is 16.5. The van der Waals surface area contributed by atoms with Crippen molar-refractivity contribution < 1.29 is 20.1 Å². The molecule has 0 aromatic heterocycles. The third kappa shape index (κ3) is 4.62. The van der Waals surface area contributed by atoms with Gasteiger partial charge in [0.25, 0.3) is 0 Å². The van der Waals surface area contributed by atoms with E-state index in [1.165, 1.54) is 0 Å². The van der Waals surface area contributed by atoms with Gasteiger partial charge in [0.2, 0.25) is 0 Å². The van der Waals surface area contributed by atoms with Crippen molar-refractivity contribution in [1.82, 2.24) is 0 Å². The highest BCUT2D eigenvalue weighted by Crippen LogP contribution is 2.48. The van der Waals surface area contributed by atoms with Gasteiger partial charge >= 0.3 is 0 Å². The monoisotopic (exact) mass is 469 g/mol. The van der Waals surface area contributed by atoms with Crippen molar-refractivity contribution in [2.75, 3.05) is 4.90 Å². The molecule has 0 saturated carbocycles. The number of nitrogens with zero attached hydrogens (tertiary/aromatic N) is 1. The predicted octanol–water partition coefficient (Wildman–Crippen LogP) is 7.92. The van der Waals surface area contributed by atoms with Crippen LogP contribution in [0, 0.1) is 41.5 Å². The summed E-state index contributed by atoms with van der Waals surface area (Å²) in [6, 6.07) is 18.5. The van der Waals surface area contributed by atoms with Gasteiger partial charge in [0, 0.05) is 11.6 Å². The second kappa shape index (κ2) is 9.26. The molecule has 0 saturated heterocycles. The summed E-state index contributed by atoms with van der Waals surface area (Å²) in [5, 5.41) is 32.4. The fourth-order valence-corrected chi connectivity index (χ4v) is 4.57. The van der Waals surface area contributed by atoms with Gasteiger partial charge in [-0.2, -0.15) is 0 Å². The third-order valence-electron chi connectivity index (χ3n) is 6.18. The largest absolute Gasteiger partial charge is 0.507 e. The first-order chi connectivity index (χ1) is 16.6. The lowest BCUT2D eigenvalue weighted by molar-refractivity contribution is 0.445. The van der Waals surface area contributed by atoms with E-state index >= 15 is 0 Å². The number of aryl methyl sites for hydroxylation is 5. The molecule has 0 aliphatic carbocycles. The van der Waals surface area contributed by atoms with Gasteiger partial charge in [-0.3, -0.25) is 0 Å². The number of ether oxygens (including phenoxy) is 1. The molecule has 0 fully saturated rings. The van der Waals surface area contributed by atoms with Crippen molar-refractivity contribution in [3.8, 4) is 28.7 Å². The number of benzene rings is 4. The summed E-state index contributed by atoms with van der Waals surface area (Å²) in [5.41, 5.74) is 6.94. The molecule has 0 aliphatic heterocycles.